The molecule has 0 bridgehead atoms. The number of hydrogen-bond acceptors (Lipinski definition) is 3. The van der Waals surface area contributed by atoms with E-state index in [1.165, 1.54) is 0 Å². The Morgan fingerprint density at radius 3 is 0.625 bits per heavy atom. The topological polar surface area (TPSA) is 71.4 Å². The van der Waals surface area contributed by atoms with E-state index in [-0.39, 0.29) is 71.5 Å². The molecule has 0 aromatic heterocycles. The summed E-state index contributed by atoms with van der Waals surface area (Å²) in [5, 5.41) is 18.8. The van der Waals surface area contributed by atoms with Crippen LogP contribution in [0.4, 0.5) is 0 Å². The number of rotatable bonds is 0. The molecule has 0 aliphatic rings. The summed E-state index contributed by atoms with van der Waals surface area (Å²) < 4.78 is 0. The van der Waals surface area contributed by atoms with E-state index in [4.69, 9.17) is 35.5 Å². The molecule has 0 saturated carbocycles. The largest absolute Gasteiger partial charge is 3.00 e. The predicted molar refractivity (Wildman–Crippen MR) is 20.7 cm³/mol. The molecule has 0 spiro atoms. The molecule has 3 nitrogen and oxygen atoms in total. The molecule has 5 heteroatoms. The van der Waals surface area contributed by atoms with E-state index in [1.54, 1.807) is 0 Å². The van der Waals surface area contributed by atoms with Crippen LogP contribution in [0.25, 0.3) is 0 Å². The minimum Gasteiger partial charge on any atom is -0.512 e. The quantitative estimate of drug-likeness (QED) is 0.464. The Morgan fingerprint density at radius 2 is 0.625 bits per heavy atom. The smallest absolute Gasteiger partial charge is 0.512 e. The van der Waals surface area contributed by atoms with Crippen molar-refractivity contribution in [2.45, 2.75) is 0 Å². The molecule has 0 aliphatic heterocycles. The van der Waals surface area contributed by atoms with Crippen molar-refractivity contribution in [2.24, 2.45) is 0 Å². The van der Waals surface area contributed by atoms with Gasteiger partial charge in [0.05, 0.1) is 0 Å². The maximum Gasteiger partial charge on any atom is 3.00 e. The summed E-state index contributed by atoms with van der Waals surface area (Å²) in [4.78, 5) is 0. The molecule has 1 radical (unpaired) electrons. The van der Waals surface area contributed by atoms with Gasteiger partial charge in [-0.05, 0) is 0 Å². The maximum absolute atomic E-state index is 6.25. The van der Waals surface area contributed by atoms with Gasteiger partial charge in [0.25, 0.3) is 0 Å². The van der Waals surface area contributed by atoms with Gasteiger partial charge < -0.3 is 35.5 Å². The third-order valence-electron chi connectivity index (χ3n) is 0. The summed E-state index contributed by atoms with van der Waals surface area (Å²) in [6.07, 6.45) is 0. The molecule has 0 fully saturated rings. The Kier molecular flexibility index (Phi) is 2890. The molecule has 0 amide bonds. The van der Waals surface area contributed by atoms with E-state index in [9.17, 15) is 0 Å². The first-order valence-electron chi connectivity index (χ1n) is 0.671. The first kappa shape index (κ1) is 37.3. The van der Waals surface area contributed by atoms with Crippen molar-refractivity contribution < 1.29 is 20.1 Å². The number of hydrogen-bond donors (Lipinski definition) is 0. The molecule has 0 aromatic carbocycles. The Labute approximate surface area is 105 Å². The molecule has 0 saturated heterocycles. The van der Waals surface area contributed by atoms with Crippen molar-refractivity contribution in [3.05, 3.63) is 19.7 Å². The molecule has 37 valence electrons. The Bertz CT molecular complexity index is 43.0. The van der Waals surface area contributed by atoms with Crippen LogP contribution in [0, 0.1) is 35.5 Å². The van der Waals surface area contributed by atoms with Gasteiger partial charge in [-0.3, -0.25) is 0 Å². The molecule has 0 unspecified atom stereocenters. The van der Waals surface area contributed by atoms with Gasteiger partial charge in [0, 0.05) is 51.4 Å². The molecule has 0 aliphatic carbocycles. The first-order chi connectivity index (χ1) is 3.00. The van der Waals surface area contributed by atoms with Crippen molar-refractivity contribution in [1.82, 2.24) is 0 Å². The van der Waals surface area contributed by atoms with Crippen LogP contribution in [0.1, 0.15) is 0 Å². The van der Waals surface area contributed by atoms with Gasteiger partial charge in [0.2, 0.25) is 0 Å². The SMILES string of the molecule is [C-]#N.[C-]#N.[C-]#N.[Ir+3].[K]. The second-order valence-corrected chi connectivity index (χ2v) is 0. The van der Waals surface area contributed by atoms with Crippen LogP contribution in [-0.4, -0.2) is 51.4 Å². The minimum absolute atomic E-state index is 0. The third-order valence-corrected chi connectivity index (χ3v) is 0. The summed E-state index contributed by atoms with van der Waals surface area (Å²) in [7, 11) is 0. The minimum atomic E-state index is 0. The fourth-order valence-electron chi connectivity index (χ4n) is 0. The van der Waals surface area contributed by atoms with Crippen molar-refractivity contribution in [3.63, 3.8) is 0 Å². The fraction of sp³-hybridized carbons (Fsp3) is 0. The van der Waals surface area contributed by atoms with Crippen LogP contribution in [0.3, 0.4) is 0 Å². The standard InChI is InChI=1S/3CN.Ir.K/c3*1-2;;/q3*-1;+3;. The summed E-state index contributed by atoms with van der Waals surface area (Å²) in [5.74, 6) is 0. The Hall–Kier alpha value is 0.756. The van der Waals surface area contributed by atoms with Gasteiger partial charge in [0.1, 0.15) is 0 Å². The normalized spacial score (nSPS) is 0.750. The van der Waals surface area contributed by atoms with Crippen molar-refractivity contribution >= 4 is 51.4 Å². The van der Waals surface area contributed by atoms with Crippen LogP contribution in [-0.2, 0) is 20.1 Å². The molecular weight excluding hydrogens is 309 g/mol. The van der Waals surface area contributed by atoms with Crippen molar-refractivity contribution in [1.29, 1.82) is 15.8 Å². The van der Waals surface area contributed by atoms with Gasteiger partial charge in [-0.2, -0.15) is 0 Å². The van der Waals surface area contributed by atoms with Crippen molar-refractivity contribution in [2.75, 3.05) is 0 Å². The van der Waals surface area contributed by atoms with Crippen LogP contribution >= 0.6 is 0 Å². The maximum atomic E-state index is 6.25. The summed E-state index contributed by atoms with van der Waals surface area (Å²) in [6.45, 7) is 14.2. The van der Waals surface area contributed by atoms with E-state index in [2.05, 4.69) is 0 Å². The summed E-state index contributed by atoms with van der Waals surface area (Å²) in [5.41, 5.74) is 0. The molecule has 8 heavy (non-hydrogen) atoms. The van der Waals surface area contributed by atoms with Gasteiger partial charge in [0.15, 0.2) is 0 Å². The van der Waals surface area contributed by atoms with E-state index in [0.717, 1.165) is 0 Å². The van der Waals surface area contributed by atoms with E-state index in [0.29, 0.717) is 0 Å². The molecule has 0 atom stereocenters. The van der Waals surface area contributed by atoms with Gasteiger partial charge in [-0.25, -0.2) is 0 Å². The summed E-state index contributed by atoms with van der Waals surface area (Å²) in [6, 6.07) is 0. The Morgan fingerprint density at radius 1 is 0.625 bits per heavy atom. The van der Waals surface area contributed by atoms with E-state index in [1.807, 2.05) is 0 Å². The zero-order chi connectivity index (χ0) is 6.00. The van der Waals surface area contributed by atoms with Gasteiger partial charge in [-0.1, -0.05) is 0 Å². The molecule has 0 rings (SSSR count). The molecule has 0 aromatic rings. The number of nitrogens with zero attached hydrogens (tertiary/aromatic N) is 3. The second-order valence-electron chi connectivity index (χ2n) is 0. The Balaban J connectivity index is -0.00000000500. The van der Waals surface area contributed by atoms with Gasteiger partial charge >= 0.3 is 20.1 Å². The fourth-order valence-corrected chi connectivity index (χ4v) is 0. The van der Waals surface area contributed by atoms with E-state index < -0.39 is 0 Å². The van der Waals surface area contributed by atoms with E-state index >= 15 is 0 Å². The molecular formula is C3IrKN3. The van der Waals surface area contributed by atoms with Gasteiger partial charge in [-0.15, -0.1) is 0 Å². The zero-order valence-electron chi connectivity index (χ0n) is 4.17. The first-order valence-corrected chi connectivity index (χ1v) is 0.671. The average Bonchev–Trinajstić information content (AvgIpc) is 1.81. The van der Waals surface area contributed by atoms with Crippen LogP contribution < -0.4 is 0 Å². The predicted octanol–water partition coefficient (Wildman–Crippen LogP) is -0.0942. The van der Waals surface area contributed by atoms with Crippen LogP contribution in [0.5, 0.6) is 0 Å². The van der Waals surface area contributed by atoms with Crippen LogP contribution in [0.2, 0.25) is 0 Å². The zero-order valence-corrected chi connectivity index (χ0v) is 9.69. The van der Waals surface area contributed by atoms with Crippen LogP contribution in [0.15, 0.2) is 0 Å². The van der Waals surface area contributed by atoms with Crippen molar-refractivity contribution in [3.8, 4) is 0 Å². The molecule has 0 N–H and O–H groups in total. The monoisotopic (exact) mass is 310 g/mol. The third kappa shape index (κ3) is 392. The molecule has 0 heterocycles. The second kappa shape index (κ2) is 620. The average molecular weight is 309 g/mol. The summed E-state index contributed by atoms with van der Waals surface area (Å²) >= 11 is 0.